The summed E-state index contributed by atoms with van der Waals surface area (Å²) in [7, 11) is -1.54. The van der Waals surface area contributed by atoms with Gasteiger partial charge in [0.05, 0.1) is 6.61 Å². The number of carbonyl (C=O) groups is 1. The first kappa shape index (κ1) is 15.2. The first-order valence-electron chi connectivity index (χ1n) is 6.65. The van der Waals surface area contributed by atoms with Gasteiger partial charge in [-0.05, 0) is 24.4 Å². The van der Waals surface area contributed by atoms with Gasteiger partial charge in [-0.15, -0.1) is 5.10 Å². The second-order valence-electron chi connectivity index (χ2n) is 4.39. The van der Waals surface area contributed by atoms with E-state index in [1.165, 1.54) is 0 Å². The summed E-state index contributed by atoms with van der Waals surface area (Å²) in [6.07, 6.45) is 0.644. The summed E-state index contributed by atoms with van der Waals surface area (Å²) in [6.45, 7) is 3.89. The molecule has 1 aromatic carbocycles. The van der Waals surface area contributed by atoms with E-state index in [4.69, 9.17) is 4.74 Å². The van der Waals surface area contributed by atoms with Crippen LogP contribution in [0.15, 0.2) is 18.2 Å². The predicted molar refractivity (Wildman–Crippen MR) is 77.0 cm³/mol. The lowest BCUT2D eigenvalue weighted by atomic mass is 9.78. The fourth-order valence-electron chi connectivity index (χ4n) is 2.06. The Morgan fingerprint density at radius 2 is 2.10 bits per heavy atom. The maximum absolute atomic E-state index is 11.9. The summed E-state index contributed by atoms with van der Waals surface area (Å²) in [5, 5.41) is 28.7. The summed E-state index contributed by atoms with van der Waals surface area (Å²) in [4.78, 5) is 11.9. The number of carbonyl (C=O) groups excluding carboxylic acids is 1. The molecular weight excluding hydrogens is 273 g/mol. The van der Waals surface area contributed by atoms with Crippen molar-refractivity contribution in [2.45, 2.75) is 20.3 Å². The van der Waals surface area contributed by atoms with Gasteiger partial charge < -0.3 is 14.8 Å². The highest BCUT2D eigenvalue weighted by molar-refractivity contribution is 6.58. The smallest absolute Gasteiger partial charge is 0.461 e. The second-order valence-corrected chi connectivity index (χ2v) is 4.39. The molecule has 1 aromatic heterocycles. The number of benzene rings is 1. The van der Waals surface area contributed by atoms with Crippen LogP contribution in [0.3, 0.4) is 0 Å². The zero-order valence-electron chi connectivity index (χ0n) is 11.8. The Labute approximate surface area is 122 Å². The summed E-state index contributed by atoms with van der Waals surface area (Å²) in [5.74, 6) is -0.547. The van der Waals surface area contributed by atoms with Gasteiger partial charge in [0.1, 0.15) is 5.69 Å². The lowest BCUT2D eigenvalue weighted by Gasteiger charge is -2.09. The standard InChI is InChI=1S/C13H16BN3O4/c1-3-8-7-9(14(19)20)5-6-10(8)11-12(16-17-15-11)13(18)21-4-2/h5-7,19-20H,3-4H2,1-2H3,(H,15,16,17). The second kappa shape index (κ2) is 6.51. The highest BCUT2D eigenvalue weighted by Crippen LogP contribution is 2.24. The van der Waals surface area contributed by atoms with E-state index in [1.54, 1.807) is 25.1 Å². The zero-order chi connectivity index (χ0) is 15.4. The lowest BCUT2D eigenvalue weighted by molar-refractivity contribution is 0.0520. The SMILES string of the molecule is CCOC(=O)c1n[nH]nc1-c1ccc(B(O)O)cc1CC. The predicted octanol–water partition coefficient (Wildman–Crippen LogP) is -0.109. The van der Waals surface area contributed by atoms with Gasteiger partial charge in [0.15, 0.2) is 5.69 Å². The normalized spacial score (nSPS) is 10.5. The molecule has 1 heterocycles. The number of ether oxygens (including phenoxy) is 1. The summed E-state index contributed by atoms with van der Waals surface area (Å²) in [6, 6.07) is 4.93. The van der Waals surface area contributed by atoms with Gasteiger partial charge in [-0.25, -0.2) is 4.79 Å². The summed E-state index contributed by atoms with van der Waals surface area (Å²) >= 11 is 0. The molecule has 8 heteroatoms. The number of aromatic amines is 1. The third kappa shape index (κ3) is 3.12. The fraction of sp³-hybridized carbons (Fsp3) is 0.308. The minimum absolute atomic E-state index is 0.115. The molecule has 0 aliphatic carbocycles. The van der Waals surface area contributed by atoms with Gasteiger partial charge in [0.2, 0.25) is 0 Å². The first-order valence-corrected chi connectivity index (χ1v) is 6.65. The molecule has 110 valence electrons. The Kier molecular flexibility index (Phi) is 4.72. The van der Waals surface area contributed by atoms with Crippen molar-refractivity contribution in [3.05, 3.63) is 29.5 Å². The van der Waals surface area contributed by atoms with Gasteiger partial charge in [0.25, 0.3) is 0 Å². The molecule has 0 aliphatic heterocycles. The molecule has 2 rings (SSSR count). The van der Waals surface area contributed by atoms with E-state index in [0.29, 0.717) is 23.1 Å². The van der Waals surface area contributed by atoms with E-state index in [0.717, 1.165) is 5.56 Å². The van der Waals surface area contributed by atoms with Crippen LogP contribution in [-0.2, 0) is 11.2 Å². The topological polar surface area (TPSA) is 108 Å². The van der Waals surface area contributed by atoms with Crippen LogP contribution in [0.1, 0.15) is 29.9 Å². The molecule has 0 bridgehead atoms. The average molecular weight is 289 g/mol. The molecule has 0 amide bonds. The molecule has 2 aromatic rings. The molecule has 3 N–H and O–H groups in total. The van der Waals surface area contributed by atoms with E-state index >= 15 is 0 Å². The number of rotatable bonds is 5. The van der Waals surface area contributed by atoms with E-state index in [1.807, 2.05) is 6.92 Å². The maximum atomic E-state index is 11.9. The van der Waals surface area contributed by atoms with Gasteiger partial charge >= 0.3 is 13.1 Å². The Hall–Kier alpha value is -2.19. The molecule has 0 aliphatic rings. The van der Waals surface area contributed by atoms with Crippen molar-refractivity contribution in [2.75, 3.05) is 6.61 Å². The maximum Gasteiger partial charge on any atom is 0.488 e. The van der Waals surface area contributed by atoms with Gasteiger partial charge in [-0.2, -0.15) is 10.3 Å². The summed E-state index contributed by atoms with van der Waals surface area (Å²) < 4.78 is 4.94. The van der Waals surface area contributed by atoms with Crippen molar-refractivity contribution in [1.82, 2.24) is 15.4 Å². The third-order valence-electron chi connectivity index (χ3n) is 3.08. The molecule has 0 saturated carbocycles. The zero-order valence-corrected chi connectivity index (χ0v) is 11.8. The monoisotopic (exact) mass is 289 g/mol. The first-order chi connectivity index (χ1) is 10.1. The fourth-order valence-corrected chi connectivity index (χ4v) is 2.06. The van der Waals surface area contributed by atoms with Crippen LogP contribution in [0.2, 0.25) is 0 Å². The molecule has 0 radical (unpaired) electrons. The van der Waals surface area contributed by atoms with Crippen molar-refractivity contribution in [3.63, 3.8) is 0 Å². The van der Waals surface area contributed by atoms with Crippen LogP contribution >= 0.6 is 0 Å². The van der Waals surface area contributed by atoms with Crippen LogP contribution in [0.4, 0.5) is 0 Å². The highest BCUT2D eigenvalue weighted by Gasteiger charge is 2.22. The highest BCUT2D eigenvalue weighted by atomic mass is 16.5. The Morgan fingerprint density at radius 1 is 1.33 bits per heavy atom. The Bertz CT molecular complexity index is 642. The van der Waals surface area contributed by atoms with Crippen LogP contribution in [0.25, 0.3) is 11.3 Å². The van der Waals surface area contributed by atoms with Gasteiger partial charge in [-0.3, -0.25) is 0 Å². The van der Waals surface area contributed by atoms with E-state index in [9.17, 15) is 14.8 Å². The molecule has 0 atom stereocenters. The minimum Gasteiger partial charge on any atom is -0.461 e. The Morgan fingerprint density at radius 3 is 2.71 bits per heavy atom. The molecule has 0 fully saturated rings. The molecule has 0 unspecified atom stereocenters. The van der Waals surface area contributed by atoms with Crippen LogP contribution in [0, 0.1) is 0 Å². The van der Waals surface area contributed by atoms with E-state index < -0.39 is 13.1 Å². The number of aryl methyl sites for hydroxylation is 1. The Balaban J connectivity index is 2.47. The lowest BCUT2D eigenvalue weighted by Crippen LogP contribution is -2.30. The summed E-state index contributed by atoms with van der Waals surface area (Å²) in [5.41, 5.74) is 2.43. The van der Waals surface area contributed by atoms with Crippen molar-refractivity contribution in [3.8, 4) is 11.3 Å². The van der Waals surface area contributed by atoms with Crippen molar-refractivity contribution < 1.29 is 19.6 Å². The molecule has 7 nitrogen and oxygen atoms in total. The quantitative estimate of drug-likeness (QED) is 0.523. The van der Waals surface area contributed by atoms with Crippen LogP contribution in [0.5, 0.6) is 0 Å². The molecular formula is C13H16BN3O4. The number of aromatic nitrogens is 3. The number of esters is 1. The van der Waals surface area contributed by atoms with E-state index in [2.05, 4.69) is 15.4 Å². The van der Waals surface area contributed by atoms with Crippen molar-refractivity contribution in [2.24, 2.45) is 0 Å². The number of nitrogens with one attached hydrogen (secondary N) is 1. The number of hydrogen-bond donors (Lipinski definition) is 3. The van der Waals surface area contributed by atoms with Gasteiger partial charge in [0, 0.05) is 5.56 Å². The van der Waals surface area contributed by atoms with Crippen molar-refractivity contribution >= 4 is 18.6 Å². The third-order valence-corrected chi connectivity index (χ3v) is 3.08. The van der Waals surface area contributed by atoms with Crippen LogP contribution < -0.4 is 5.46 Å². The van der Waals surface area contributed by atoms with Crippen LogP contribution in [-0.4, -0.2) is 45.2 Å². The van der Waals surface area contributed by atoms with Crippen molar-refractivity contribution in [1.29, 1.82) is 0 Å². The van der Waals surface area contributed by atoms with E-state index in [-0.39, 0.29) is 12.3 Å². The number of hydrogen-bond acceptors (Lipinski definition) is 6. The average Bonchev–Trinajstić information content (AvgIpc) is 2.96. The largest absolute Gasteiger partial charge is 0.488 e. The number of H-pyrrole nitrogens is 1. The number of nitrogens with zero attached hydrogens (tertiary/aromatic N) is 2. The molecule has 21 heavy (non-hydrogen) atoms. The minimum atomic E-state index is -1.54. The molecule has 0 spiro atoms. The van der Waals surface area contributed by atoms with Gasteiger partial charge in [-0.1, -0.05) is 25.1 Å². The molecule has 0 saturated heterocycles.